The van der Waals surface area contributed by atoms with E-state index in [0.29, 0.717) is 19.0 Å². The van der Waals surface area contributed by atoms with Crippen molar-refractivity contribution >= 4 is 5.91 Å². The Bertz CT molecular complexity index is 579. The second-order valence-corrected chi connectivity index (χ2v) is 5.60. The monoisotopic (exact) mass is 280 g/mol. The lowest BCUT2D eigenvalue weighted by molar-refractivity contribution is -0.132. The number of carbonyl (C=O) groups is 1. The third-order valence-electron chi connectivity index (χ3n) is 3.85. The summed E-state index contributed by atoms with van der Waals surface area (Å²) in [4.78, 5) is 18.7. The van der Waals surface area contributed by atoms with Crippen LogP contribution in [0.3, 0.4) is 0 Å². The molecule has 108 valence electrons. The summed E-state index contributed by atoms with van der Waals surface area (Å²) in [5, 5.41) is 0. The molecular weight excluding hydrogens is 260 g/mol. The molecule has 2 aromatic rings. The Labute approximate surface area is 125 Å². The number of carbonyl (C=O) groups excluding carboxylic acids is 1. The van der Waals surface area contributed by atoms with Gasteiger partial charge in [-0.15, -0.1) is 0 Å². The van der Waals surface area contributed by atoms with Crippen molar-refractivity contribution in [2.45, 2.75) is 38.3 Å². The highest BCUT2D eigenvalue weighted by Crippen LogP contribution is 2.29. The molecule has 0 radical (unpaired) electrons. The summed E-state index contributed by atoms with van der Waals surface area (Å²) in [5.74, 6) is 0.255. The standard InChI is InChI=1S/C18H20N2O/c21-18(11-8-15-5-2-1-3-6-15)20(17-9-10-17)14-16-7-4-12-19-13-16/h1-7,12-13,17H,8-11,14H2. The Hall–Kier alpha value is -2.16. The van der Waals surface area contributed by atoms with Gasteiger partial charge in [-0.1, -0.05) is 36.4 Å². The van der Waals surface area contributed by atoms with Gasteiger partial charge in [0.15, 0.2) is 0 Å². The van der Waals surface area contributed by atoms with Gasteiger partial charge < -0.3 is 4.90 Å². The van der Waals surface area contributed by atoms with Crippen molar-refractivity contribution in [1.29, 1.82) is 0 Å². The third-order valence-corrected chi connectivity index (χ3v) is 3.85. The highest BCUT2D eigenvalue weighted by atomic mass is 16.2. The molecule has 1 heterocycles. The molecule has 1 fully saturated rings. The Morgan fingerprint density at radius 3 is 2.52 bits per heavy atom. The minimum Gasteiger partial charge on any atom is -0.335 e. The van der Waals surface area contributed by atoms with Gasteiger partial charge in [0.1, 0.15) is 0 Å². The minimum absolute atomic E-state index is 0.255. The fraction of sp³-hybridized carbons (Fsp3) is 0.333. The van der Waals surface area contributed by atoms with Gasteiger partial charge in [-0.05, 0) is 36.5 Å². The van der Waals surface area contributed by atoms with Crippen LogP contribution >= 0.6 is 0 Å². The van der Waals surface area contributed by atoms with Crippen LogP contribution in [0.4, 0.5) is 0 Å². The maximum atomic E-state index is 12.5. The van der Waals surface area contributed by atoms with Gasteiger partial charge in [-0.2, -0.15) is 0 Å². The second-order valence-electron chi connectivity index (χ2n) is 5.60. The largest absolute Gasteiger partial charge is 0.335 e. The van der Waals surface area contributed by atoms with Crippen LogP contribution in [-0.4, -0.2) is 21.8 Å². The van der Waals surface area contributed by atoms with Crippen molar-refractivity contribution < 1.29 is 4.79 Å². The predicted octanol–water partition coefficient (Wildman–Crippen LogP) is 3.21. The molecule has 1 aliphatic carbocycles. The van der Waals surface area contributed by atoms with Gasteiger partial charge in [0.25, 0.3) is 0 Å². The first-order valence-electron chi connectivity index (χ1n) is 7.55. The first-order chi connectivity index (χ1) is 10.3. The average molecular weight is 280 g/mol. The van der Waals surface area contributed by atoms with Gasteiger partial charge in [-0.3, -0.25) is 9.78 Å². The summed E-state index contributed by atoms with van der Waals surface area (Å²) in [6.07, 6.45) is 7.29. The van der Waals surface area contributed by atoms with E-state index in [4.69, 9.17) is 0 Å². The number of hydrogen-bond donors (Lipinski definition) is 0. The second kappa shape index (κ2) is 6.53. The smallest absolute Gasteiger partial charge is 0.223 e. The molecule has 0 aliphatic heterocycles. The molecule has 0 bridgehead atoms. The quantitative estimate of drug-likeness (QED) is 0.814. The molecule has 1 saturated carbocycles. The van der Waals surface area contributed by atoms with E-state index in [1.165, 1.54) is 5.56 Å². The molecule has 3 heteroatoms. The lowest BCUT2D eigenvalue weighted by Gasteiger charge is -2.22. The highest BCUT2D eigenvalue weighted by Gasteiger charge is 2.32. The van der Waals surface area contributed by atoms with E-state index in [9.17, 15) is 4.79 Å². The van der Waals surface area contributed by atoms with Crippen molar-refractivity contribution in [3.8, 4) is 0 Å². The number of benzene rings is 1. The SMILES string of the molecule is O=C(CCc1ccccc1)N(Cc1cccnc1)C1CC1. The maximum Gasteiger partial charge on any atom is 0.223 e. The Balaban J connectivity index is 1.60. The molecule has 0 unspecified atom stereocenters. The van der Waals surface area contributed by atoms with Gasteiger partial charge in [0.05, 0.1) is 0 Å². The van der Waals surface area contributed by atoms with E-state index >= 15 is 0 Å². The zero-order chi connectivity index (χ0) is 14.5. The van der Waals surface area contributed by atoms with Gasteiger partial charge in [-0.25, -0.2) is 0 Å². The first kappa shape index (κ1) is 13.8. The van der Waals surface area contributed by atoms with Crippen LogP contribution in [0.15, 0.2) is 54.9 Å². The minimum atomic E-state index is 0.255. The van der Waals surface area contributed by atoms with Crippen LogP contribution in [-0.2, 0) is 17.8 Å². The summed E-state index contributed by atoms with van der Waals surface area (Å²) >= 11 is 0. The summed E-state index contributed by atoms with van der Waals surface area (Å²) < 4.78 is 0. The Morgan fingerprint density at radius 2 is 1.86 bits per heavy atom. The molecule has 0 saturated heterocycles. The van der Waals surface area contributed by atoms with E-state index in [0.717, 1.165) is 24.8 Å². The molecule has 3 nitrogen and oxygen atoms in total. The van der Waals surface area contributed by atoms with E-state index in [-0.39, 0.29) is 5.91 Å². The van der Waals surface area contributed by atoms with Crippen molar-refractivity contribution in [2.75, 3.05) is 0 Å². The zero-order valence-electron chi connectivity index (χ0n) is 12.1. The predicted molar refractivity (Wildman–Crippen MR) is 82.6 cm³/mol. The summed E-state index contributed by atoms with van der Waals surface area (Å²) in [5.41, 5.74) is 2.33. The van der Waals surface area contributed by atoms with Crippen LogP contribution in [0, 0.1) is 0 Å². The summed E-state index contributed by atoms with van der Waals surface area (Å²) in [6, 6.07) is 14.6. The zero-order valence-corrected chi connectivity index (χ0v) is 12.1. The van der Waals surface area contributed by atoms with E-state index < -0.39 is 0 Å². The summed E-state index contributed by atoms with van der Waals surface area (Å²) in [7, 11) is 0. The van der Waals surface area contributed by atoms with Crippen LogP contribution in [0.25, 0.3) is 0 Å². The van der Waals surface area contributed by atoms with Gasteiger partial charge in [0.2, 0.25) is 5.91 Å². The van der Waals surface area contributed by atoms with Crippen LogP contribution in [0.5, 0.6) is 0 Å². The Morgan fingerprint density at radius 1 is 1.10 bits per heavy atom. The van der Waals surface area contributed by atoms with Gasteiger partial charge in [0, 0.05) is 31.4 Å². The van der Waals surface area contributed by atoms with Crippen molar-refractivity contribution in [3.63, 3.8) is 0 Å². The topological polar surface area (TPSA) is 33.2 Å². The fourth-order valence-electron chi connectivity index (χ4n) is 2.54. The lowest BCUT2D eigenvalue weighted by atomic mass is 10.1. The Kier molecular flexibility index (Phi) is 4.29. The number of nitrogens with zero attached hydrogens (tertiary/aromatic N) is 2. The fourth-order valence-corrected chi connectivity index (χ4v) is 2.54. The van der Waals surface area contributed by atoms with Crippen molar-refractivity contribution in [2.24, 2.45) is 0 Å². The number of pyridine rings is 1. The molecule has 3 rings (SSSR count). The number of hydrogen-bond acceptors (Lipinski definition) is 2. The molecule has 0 N–H and O–H groups in total. The maximum absolute atomic E-state index is 12.5. The molecule has 1 amide bonds. The normalized spacial score (nSPS) is 13.9. The number of aryl methyl sites for hydroxylation is 1. The highest BCUT2D eigenvalue weighted by molar-refractivity contribution is 5.77. The van der Waals surface area contributed by atoms with E-state index in [2.05, 4.69) is 17.1 Å². The third kappa shape index (κ3) is 3.91. The molecule has 0 atom stereocenters. The van der Waals surface area contributed by atoms with Crippen LogP contribution < -0.4 is 0 Å². The average Bonchev–Trinajstić information content (AvgIpc) is 3.37. The molecule has 21 heavy (non-hydrogen) atoms. The van der Waals surface area contributed by atoms with Crippen molar-refractivity contribution in [1.82, 2.24) is 9.88 Å². The molecule has 1 aliphatic rings. The van der Waals surface area contributed by atoms with Crippen LogP contribution in [0.1, 0.15) is 30.4 Å². The van der Waals surface area contributed by atoms with Crippen molar-refractivity contribution in [3.05, 3.63) is 66.0 Å². The van der Waals surface area contributed by atoms with E-state index in [1.807, 2.05) is 41.4 Å². The number of aromatic nitrogens is 1. The molecule has 1 aromatic heterocycles. The molecular formula is C18H20N2O. The lowest BCUT2D eigenvalue weighted by Crippen LogP contribution is -2.32. The van der Waals surface area contributed by atoms with Gasteiger partial charge >= 0.3 is 0 Å². The number of amides is 1. The summed E-state index contributed by atoms with van der Waals surface area (Å²) in [6.45, 7) is 0.687. The molecule has 0 spiro atoms. The molecule has 1 aromatic carbocycles. The van der Waals surface area contributed by atoms with E-state index in [1.54, 1.807) is 6.20 Å². The first-order valence-corrected chi connectivity index (χ1v) is 7.55. The van der Waals surface area contributed by atoms with Crippen LogP contribution in [0.2, 0.25) is 0 Å². The number of rotatable bonds is 6.